The van der Waals surface area contributed by atoms with Gasteiger partial charge in [0.2, 0.25) is 11.9 Å². The van der Waals surface area contributed by atoms with Gasteiger partial charge in [-0.15, -0.1) is 0 Å². The van der Waals surface area contributed by atoms with Gasteiger partial charge in [0.15, 0.2) is 0 Å². The molecule has 0 bridgehead atoms. The lowest BCUT2D eigenvalue weighted by atomic mass is 10.0. The Morgan fingerprint density at radius 2 is 1.74 bits per heavy atom. The van der Waals surface area contributed by atoms with Crippen LogP contribution in [0.1, 0.15) is 82.3 Å². The largest absolute Gasteiger partial charge is 0.421 e. The molecular weight excluding hydrogens is 593 g/mol. The number of aromatic nitrogens is 2. The lowest BCUT2D eigenvalue weighted by Gasteiger charge is -2.43. The minimum Gasteiger partial charge on any atom is -0.369 e. The van der Waals surface area contributed by atoms with Crippen molar-refractivity contribution in [1.82, 2.24) is 24.7 Å². The molecule has 3 heterocycles. The summed E-state index contributed by atoms with van der Waals surface area (Å²) in [5, 5.41) is 6.12. The van der Waals surface area contributed by atoms with Crippen LogP contribution >= 0.6 is 0 Å². The third-order valence-corrected chi connectivity index (χ3v) is 9.48. The summed E-state index contributed by atoms with van der Waals surface area (Å²) in [6, 6.07) is 7.05. The number of amides is 1. The predicted molar refractivity (Wildman–Crippen MR) is 178 cm³/mol. The number of carbonyl (C=O) groups is 1. The maximum absolute atomic E-state index is 13.9. The molecule has 46 heavy (non-hydrogen) atoms. The zero-order valence-corrected chi connectivity index (χ0v) is 27.7. The first-order valence-corrected chi connectivity index (χ1v) is 17.2. The van der Waals surface area contributed by atoms with Gasteiger partial charge >= 0.3 is 6.18 Å². The van der Waals surface area contributed by atoms with E-state index in [9.17, 15) is 18.0 Å². The highest BCUT2D eigenvalue weighted by atomic mass is 19.4. The molecule has 0 spiro atoms. The number of hydrogen-bond acceptors (Lipinski definition) is 8. The number of likely N-dealkylation sites (tertiary alicyclic amines) is 1. The second-order valence-corrected chi connectivity index (χ2v) is 13.1. The first-order valence-electron chi connectivity index (χ1n) is 17.2. The molecule has 1 saturated carbocycles. The van der Waals surface area contributed by atoms with Crippen molar-refractivity contribution in [2.45, 2.75) is 83.4 Å². The second kappa shape index (κ2) is 15.6. The van der Waals surface area contributed by atoms with Gasteiger partial charge in [0, 0.05) is 75.8 Å². The highest BCUT2D eigenvalue weighted by molar-refractivity contribution is 5.76. The first kappa shape index (κ1) is 34.2. The summed E-state index contributed by atoms with van der Waals surface area (Å²) in [5.41, 5.74) is 2.30. The minimum absolute atomic E-state index is 0.0845. The van der Waals surface area contributed by atoms with Crippen LogP contribution in [0.5, 0.6) is 0 Å². The average Bonchev–Trinajstić information content (AvgIpc) is 3.89. The topological polar surface area (TPSA) is 79.9 Å². The molecule has 9 nitrogen and oxygen atoms in total. The van der Waals surface area contributed by atoms with Crippen LogP contribution in [0.25, 0.3) is 0 Å². The summed E-state index contributed by atoms with van der Waals surface area (Å²) in [6.07, 6.45) is 3.52. The Bertz CT molecular complexity index is 1290. The van der Waals surface area contributed by atoms with E-state index in [1.165, 1.54) is 37.2 Å². The quantitative estimate of drug-likeness (QED) is 0.237. The van der Waals surface area contributed by atoms with Crippen molar-refractivity contribution in [2.24, 2.45) is 0 Å². The Balaban J connectivity index is 1.23. The molecule has 0 unspecified atom stereocenters. The Kier molecular flexibility index (Phi) is 11.6. The molecule has 0 radical (unpaired) electrons. The summed E-state index contributed by atoms with van der Waals surface area (Å²) < 4.78 is 41.6. The number of rotatable bonds is 14. The third kappa shape index (κ3) is 9.02. The summed E-state index contributed by atoms with van der Waals surface area (Å²) in [5.74, 6) is 0.388. The fourth-order valence-electron chi connectivity index (χ4n) is 6.68. The van der Waals surface area contributed by atoms with Crippen LogP contribution in [0.15, 0.2) is 24.4 Å². The number of anilines is 4. The van der Waals surface area contributed by atoms with Gasteiger partial charge in [-0.2, -0.15) is 18.2 Å². The minimum atomic E-state index is -4.59. The number of hydrogen-bond donors (Lipinski definition) is 2. The van der Waals surface area contributed by atoms with Gasteiger partial charge < -0.3 is 25.3 Å². The Morgan fingerprint density at radius 3 is 2.39 bits per heavy atom. The molecule has 1 amide bonds. The van der Waals surface area contributed by atoms with Crippen molar-refractivity contribution in [3.8, 4) is 0 Å². The molecule has 254 valence electrons. The molecule has 2 aliphatic heterocycles. The fourth-order valence-corrected chi connectivity index (χ4v) is 6.68. The number of halogens is 3. The molecule has 5 rings (SSSR count). The average molecular weight is 645 g/mol. The maximum Gasteiger partial charge on any atom is 0.421 e. The molecule has 1 aromatic heterocycles. The number of nitrogens with one attached hydrogen (secondary N) is 2. The number of carbonyl (C=O) groups excluding carboxylic acids is 1. The van der Waals surface area contributed by atoms with Crippen LogP contribution in [-0.2, 0) is 11.0 Å². The van der Waals surface area contributed by atoms with E-state index in [0.717, 1.165) is 63.7 Å². The number of benzene rings is 1. The zero-order chi connectivity index (χ0) is 32.7. The lowest BCUT2D eigenvalue weighted by molar-refractivity contribution is -0.137. The van der Waals surface area contributed by atoms with E-state index in [-0.39, 0.29) is 24.2 Å². The summed E-state index contributed by atoms with van der Waals surface area (Å²) in [4.78, 5) is 30.1. The lowest BCUT2D eigenvalue weighted by Crippen LogP contribution is -2.53. The van der Waals surface area contributed by atoms with Crippen LogP contribution in [0.2, 0.25) is 0 Å². The first-order chi connectivity index (χ1) is 22.2. The van der Waals surface area contributed by atoms with E-state index in [2.05, 4.69) is 54.5 Å². The van der Waals surface area contributed by atoms with Crippen molar-refractivity contribution in [3.63, 3.8) is 0 Å². The molecule has 1 aromatic carbocycles. The zero-order valence-electron chi connectivity index (χ0n) is 27.7. The van der Waals surface area contributed by atoms with Crippen LogP contribution in [0.4, 0.5) is 36.3 Å². The van der Waals surface area contributed by atoms with E-state index in [4.69, 9.17) is 0 Å². The summed E-state index contributed by atoms with van der Waals surface area (Å²) >= 11 is 0. The number of alkyl halides is 3. The second-order valence-electron chi connectivity index (χ2n) is 13.1. The van der Waals surface area contributed by atoms with Gasteiger partial charge in [0.05, 0.1) is 0 Å². The molecule has 2 saturated heterocycles. The standard InChI is InChI=1S/C34H51F3N8O/c1-4-7-31(46)45(15-5-2)16-6-14-38-32-29(34(35,36)37)24-39-33(41-32)40-30-11-10-27(23-28(30)25-8-9-25)44-21-19-43(20-22-44)26-12-17-42(3)18-13-26/h10-11,23-26H,4-9,12-22H2,1-3H3,(H2,38,39,40,41). The smallest absolute Gasteiger partial charge is 0.369 e. The van der Waals surface area contributed by atoms with Crippen LogP contribution in [-0.4, -0.2) is 103 Å². The van der Waals surface area contributed by atoms with Gasteiger partial charge in [-0.05, 0) is 94.8 Å². The van der Waals surface area contributed by atoms with E-state index in [0.29, 0.717) is 37.9 Å². The van der Waals surface area contributed by atoms with Crippen molar-refractivity contribution in [2.75, 3.05) is 81.5 Å². The summed E-state index contributed by atoms with van der Waals surface area (Å²) in [7, 11) is 2.20. The van der Waals surface area contributed by atoms with E-state index in [1.807, 2.05) is 19.9 Å². The highest BCUT2D eigenvalue weighted by Gasteiger charge is 2.36. The normalized spacial score (nSPS) is 18.5. The molecule has 2 aromatic rings. The van der Waals surface area contributed by atoms with E-state index in [1.54, 1.807) is 4.90 Å². The van der Waals surface area contributed by atoms with E-state index >= 15 is 0 Å². The van der Waals surface area contributed by atoms with Gasteiger partial charge in [-0.25, -0.2) is 4.98 Å². The molecule has 3 aliphatic rings. The summed E-state index contributed by atoms with van der Waals surface area (Å²) in [6.45, 7) is 11.8. The van der Waals surface area contributed by atoms with Crippen LogP contribution in [0.3, 0.4) is 0 Å². The van der Waals surface area contributed by atoms with Crippen molar-refractivity contribution < 1.29 is 18.0 Å². The van der Waals surface area contributed by atoms with Crippen molar-refractivity contribution >= 4 is 29.0 Å². The predicted octanol–water partition coefficient (Wildman–Crippen LogP) is 6.17. The number of piperidine rings is 1. The third-order valence-electron chi connectivity index (χ3n) is 9.48. The molecular formula is C34H51F3N8O. The Hall–Kier alpha value is -3.12. The van der Waals surface area contributed by atoms with E-state index < -0.39 is 11.7 Å². The molecule has 0 atom stereocenters. The van der Waals surface area contributed by atoms with Crippen molar-refractivity contribution in [3.05, 3.63) is 35.5 Å². The SMILES string of the molecule is CCCC(=O)N(CCC)CCCNc1nc(Nc2ccc(N3CCN(C4CCN(C)CC4)CC3)cc2C2CC2)ncc1C(F)(F)F. The molecule has 3 fully saturated rings. The van der Waals surface area contributed by atoms with Crippen LogP contribution in [0, 0.1) is 0 Å². The van der Waals surface area contributed by atoms with Crippen molar-refractivity contribution in [1.29, 1.82) is 0 Å². The van der Waals surface area contributed by atoms with Gasteiger partial charge in [-0.3, -0.25) is 9.69 Å². The van der Waals surface area contributed by atoms with Crippen LogP contribution < -0.4 is 15.5 Å². The molecule has 2 N–H and O–H groups in total. The highest BCUT2D eigenvalue weighted by Crippen LogP contribution is 2.45. The van der Waals surface area contributed by atoms with Gasteiger partial charge in [0.25, 0.3) is 0 Å². The monoisotopic (exact) mass is 644 g/mol. The van der Waals surface area contributed by atoms with Gasteiger partial charge in [-0.1, -0.05) is 13.8 Å². The molecule has 12 heteroatoms. The molecule has 1 aliphatic carbocycles. The number of piperazine rings is 1. The fraction of sp³-hybridized carbons (Fsp3) is 0.676. The number of nitrogens with zero attached hydrogens (tertiary/aromatic N) is 6. The maximum atomic E-state index is 13.9. The van der Waals surface area contributed by atoms with Gasteiger partial charge in [0.1, 0.15) is 11.4 Å². The Labute approximate surface area is 271 Å². The Morgan fingerprint density at radius 1 is 1.00 bits per heavy atom.